The summed E-state index contributed by atoms with van der Waals surface area (Å²) in [5.41, 5.74) is 2.48. The van der Waals surface area contributed by atoms with Gasteiger partial charge in [0.05, 0.1) is 23.8 Å². The van der Waals surface area contributed by atoms with Gasteiger partial charge in [0.1, 0.15) is 6.04 Å². The third kappa shape index (κ3) is 4.90. The van der Waals surface area contributed by atoms with E-state index in [9.17, 15) is 9.59 Å². The maximum Gasteiger partial charge on any atom is 0.328 e. The van der Waals surface area contributed by atoms with Gasteiger partial charge in [0, 0.05) is 27.1 Å². The van der Waals surface area contributed by atoms with Crippen LogP contribution < -0.4 is 5.32 Å². The largest absolute Gasteiger partial charge is 0.467 e. The number of nitrogens with zero attached hydrogens (tertiary/aromatic N) is 2. The normalized spacial score (nSPS) is 11.8. The molecule has 1 aromatic heterocycles. The lowest BCUT2D eigenvalue weighted by atomic mass is 10.1. The minimum atomic E-state index is -0.879. The Balaban J connectivity index is 1.82. The number of ether oxygens (including phenoxy) is 1. The quantitative estimate of drug-likeness (QED) is 0.549. The zero-order chi connectivity index (χ0) is 19.4. The molecule has 0 spiro atoms. The van der Waals surface area contributed by atoms with Gasteiger partial charge in [0.25, 0.3) is 5.91 Å². The molecule has 3 rings (SSSR count). The Bertz CT molecular complexity index is 990. The average molecular weight is 493 g/mol. The zero-order valence-electron chi connectivity index (χ0n) is 14.3. The van der Waals surface area contributed by atoms with Gasteiger partial charge < -0.3 is 10.1 Å². The molecule has 8 heteroatoms. The molecule has 1 amide bonds. The zero-order valence-corrected chi connectivity index (χ0v) is 17.5. The number of carbonyl (C=O) groups is 2. The molecule has 0 radical (unpaired) electrons. The molecule has 0 fully saturated rings. The van der Waals surface area contributed by atoms with Crippen molar-refractivity contribution in [1.29, 1.82) is 0 Å². The van der Waals surface area contributed by atoms with Crippen LogP contribution in [0.2, 0.25) is 0 Å². The predicted molar refractivity (Wildman–Crippen MR) is 108 cm³/mol. The summed E-state index contributed by atoms with van der Waals surface area (Å²) in [6.45, 7) is 0. The monoisotopic (exact) mass is 491 g/mol. The Morgan fingerprint density at radius 2 is 1.78 bits per heavy atom. The lowest BCUT2D eigenvalue weighted by Gasteiger charge is -2.16. The molecule has 0 saturated heterocycles. The molecule has 0 saturated carbocycles. The second-order valence-electron chi connectivity index (χ2n) is 5.76. The van der Waals surface area contributed by atoms with Gasteiger partial charge in [-0.1, -0.05) is 44.0 Å². The second-order valence-corrected chi connectivity index (χ2v) is 7.59. The van der Waals surface area contributed by atoms with Crippen LogP contribution in [0.25, 0.3) is 11.0 Å². The van der Waals surface area contributed by atoms with Crippen molar-refractivity contribution < 1.29 is 14.3 Å². The van der Waals surface area contributed by atoms with Crippen LogP contribution in [0.15, 0.2) is 57.6 Å². The van der Waals surface area contributed by atoms with E-state index in [1.807, 2.05) is 30.3 Å². The Morgan fingerprint density at radius 3 is 2.44 bits per heavy atom. The van der Waals surface area contributed by atoms with E-state index in [-0.39, 0.29) is 12.3 Å². The first kappa shape index (κ1) is 19.4. The van der Waals surface area contributed by atoms with Crippen LogP contribution in [0, 0.1) is 0 Å². The van der Waals surface area contributed by atoms with Crippen molar-refractivity contribution in [1.82, 2.24) is 15.3 Å². The molecular formula is C19H15Br2N3O3. The topological polar surface area (TPSA) is 81.2 Å². The van der Waals surface area contributed by atoms with Gasteiger partial charge in [-0.25, -0.2) is 9.78 Å². The van der Waals surface area contributed by atoms with Gasteiger partial charge in [0.15, 0.2) is 0 Å². The first-order valence-electron chi connectivity index (χ1n) is 8.01. The lowest BCUT2D eigenvalue weighted by molar-refractivity contribution is -0.142. The number of amides is 1. The van der Waals surface area contributed by atoms with Crippen LogP contribution in [0.4, 0.5) is 0 Å². The van der Waals surface area contributed by atoms with Crippen molar-refractivity contribution in [2.45, 2.75) is 12.5 Å². The molecular weight excluding hydrogens is 478 g/mol. The van der Waals surface area contributed by atoms with Crippen LogP contribution in [-0.4, -0.2) is 35.0 Å². The maximum atomic E-state index is 12.6. The summed E-state index contributed by atoms with van der Waals surface area (Å²) in [7, 11) is 1.28. The Hall–Kier alpha value is -2.32. The number of carbonyl (C=O) groups excluding carboxylic acids is 2. The predicted octanol–water partition coefficient (Wildman–Crippen LogP) is 3.67. The van der Waals surface area contributed by atoms with Crippen molar-refractivity contribution in [3.05, 3.63) is 68.9 Å². The molecule has 1 heterocycles. The number of fused-ring (bicyclic) bond motifs is 1. The van der Waals surface area contributed by atoms with Gasteiger partial charge >= 0.3 is 5.97 Å². The summed E-state index contributed by atoms with van der Waals surface area (Å²) in [6.07, 6.45) is 1.77. The first-order chi connectivity index (χ1) is 13.0. The molecule has 1 atom stereocenters. The van der Waals surface area contributed by atoms with Gasteiger partial charge in [-0.05, 0) is 30.3 Å². The molecule has 138 valence electrons. The summed E-state index contributed by atoms with van der Waals surface area (Å²) < 4.78 is 6.33. The van der Waals surface area contributed by atoms with Gasteiger partial charge in [-0.3, -0.25) is 9.78 Å². The Labute approximate surface area is 172 Å². The average Bonchev–Trinajstić information content (AvgIpc) is 2.66. The number of hydrogen-bond acceptors (Lipinski definition) is 5. The number of para-hydroxylation sites is 2. The van der Waals surface area contributed by atoms with Crippen LogP contribution in [0.1, 0.15) is 16.1 Å². The third-order valence-corrected chi connectivity index (χ3v) is 4.74. The number of rotatable bonds is 5. The fourth-order valence-corrected chi connectivity index (χ4v) is 3.86. The number of aromatic nitrogens is 2. The fraction of sp³-hybridized carbons (Fsp3) is 0.158. The number of nitrogens with one attached hydrogen (secondary N) is 1. The molecule has 27 heavy (non-hydrogen) atoms. The van der Waals surface area contributed by atoms with Crippen molar-refractivity contribution in [2.24, 2.45) is 0 Å². The van der Waals surface area contributed by atoms with E-state index < -0.39 is 12.0 Å². The highest BCUT2D eigenvalue weighted by molar-refractivity contribution is 9.11. The van der Waals surface area contributed by atoms with Crippen molar-refractivity contribution in [3.8, 4) is 0 Å². The van der Waals surface area contributed by atoms with E-state index in [1.165, 1.54) is 7.11 Å². The lowest BCUT2D eigenvalue weighted by Crippen LogP contribution is -2.43. The van der Waals surface area contributed by atoms with E-state index >= 15 is 0 Å². The second kappa shape index (κ2) is 8.58. The molecule has 3 aromatic rings. The first-order valence-corrected chi connectivity index (χ1v) is 9.60. The van der Waals surface area contributed by atoms with E-state index in [4.69, 9.17) is 4.74 Å². The van der Waals surface area contributed by atoms with Crippen molar-refractivity contribution >= 4 is 54.8 Å². The summed E-state index contributed by atoms with van der Waals surface area (Å²) >= 11 is 6.69. The van der Waals surface area contributed by atoms with E-state index in [0.717, 1.165) is 20.0 Å². The summed E-state index contributed by atoms with van der Waals surface area (Å²) in [5, 5.41) is 2.71. The van der Waals surface area contributed by atoms with Crippen LogP contribution >= 0.6 is 31.9 Å². The summed E-state index contributed by atoms with van der Waals surface area (Å²) in [4.78, 5) is 33.6. The number of benzene rings is 2. The standard InChI is InChI=1S/C19H15Br2N3O3/c1-27-19(26)17(24-18(25)11-6-12(20)8-13(21)7-11)9-14-10-22-15-4-2-3-5-16(15)23-14/h2-8,10,17H,9H2,1H3,(H,24,25)/t17-/m0/s1. The highest BCUT2D eigenvalue weighted by Crippen LogP contribution is 2.20. The molecule has 0 unspecified atom stereocenters. The fourth-order valence-electron chi connectivity index (χ4n) is 2.57. The highest BCUT2D eigenvalue weighted by Gasteiger charge is 2.24. The van der Waals surface area contributed by atoms with Crippen molar-refractivity contribution in [3.63, 3.8) is 0 Å². The molecule has 0 aliphatic heterocycles. The van der Waals surface area contributed by atoms with Gasteiger partial charge in [-0.15, -0.1) is 0 Å². The molecule has 6 nitrogen and oxygen atoms in total. The van der Waals surface area contributed by atoms with Crippen LogP contribution in [-0.2, 0) is 16.0 Å². The van der Waals surface area contributed by atoms with E-state index in [1.54, 1.807) is 18.3 Å². The molecule has 0 bridgehead atoms. The summed E-state index contributed by atoms with van der Waals surface area (Å²) in [6, 6.07) is 11.7. The van der Waals surface area contributed by atoms with Gasteiger partial charge in [0.2, 0.25) is 0 Å². The van der Waals surface area contributed by atoms with E-state index in [2.05, 4.69) is 47.1 Å². The number of methoxy groups -OCH3 is 1. The van der Waals surface area contributed by atoms with Crippen LogP contribution in [0.3, 0.4) is 0 Å². The SMILES string of the molecule is COC(=O)[C@H](Cc1cnc2ccccc2n1)NC(=O)c1cc(Br)cc(Br)c1. The van der Waals surface area contributed by atoms with Crippen molar-refractivity contribution in [2.75, 3.05) is 7.11 Å². The molecule has 0 aliphatic rings. The minimum absolute atomic E-state index is 0.172. The van der Waals surface area contributed by atoms with Gasteiger partial charge in [-0.2, -0.15) is 0 Å². The Kier molecular flexibility index (Phi) is 6.18. The van der Waals surface area contributed by atoms with E-state index in [0.29, 0.717) is 11.3 Å². The number of esters is 1. The third-order valence-electron chi connectivity index (χ3n) is 3.83. The Morgan fingerprint density at radius 1 is 1.11 bits per heavy atom. The number of hydrogen-bond donors (Lipinski definition) is 1. The maximum absolute atomic E-state index is 12.6. The molecule has 1 N–H and O–H groups in total. The highest BCUT2D eigenvalue weighted by atomic mass is 79.9. The molecule has 2 aromatic carbocycles. The summed E-state index contributed by atoms with van der Waals surface area (Å²) in [5.74, 6) is -0.937. The molecule has 0 aliphatic carbocycles. The smallest absolute Gasteiger partial charge is 0.328 e. The minimum Gasteiger partial charge on any atom is -0.467 e. The van der Waals surface area contributed by atoms with Crippen LogP contribution in [0.5, 0.6) is 0 Å². The number of halogens is 2.